The van der Waals surface area contributed by atoms with Gasteiger partial charge in [-0.05, 0) is 71.0 Å². The Labute approximate surface area is 154 Å². The summed E-state index contributed by atoms with van der Waals surface area (Å²) in [6.45, 7) is 28.8. The van der Waals surface area contributed by atoms with Crippen LogP contribution in [0.5, 0.6) is 0 Å². The van der Waals surface area contributed by atoms with Crippen LogP contribution in [0.25, 0.3) is 0 Å². The van der Waals surface area contributed by atoms with Crippen molar-refractivity contribution in [2.45, 2.75) is 89.5 Å². The number of hydrogen-bond acceptors (Lipinski definition) is 0. The predicted octanol–water partition coefficient (Wildman–Crippen LogP) is 7.78. The molecular weight excluding hydrogens is 288 g/mol. The Morgan fingerprint density at radius 2 is 0.583 bits per heavy atom. The van der Waals surface area contributed by atoms with Gasteiger partial charge in [0.15, 0.2) is 0 Å². The lowest BCUT2D eigenvalue weighted by Crippen LogP contribution is -2.22. The molecule has 0 radical (unpaired) electrons. The highest BCUT2D eigenvalue weighted by atomic mass is 14.5. The fraction of sp³-hybridized carbons (Fsp3) is 1.00. The van der Waals surface area contributed by atoms with Crippen LogP contribution in [-0.4, -0.2) is 0 Å². The standard InChI is InChI=1S/C19H36.C5H12/c1-10-11(2)15(6)18(14(10)5)9-19-16(7)12(3)13(4)17(19)8;1-5(2,3)4/h10-19H,9H2,1-8H3;1-4H3. The van der Waals surface area contributed by atoms with Crippen molar-refractivity contribution in [3.63, 3.8) is 0 Å². The van der Waals surface area contributed by atoms with Gasteiger partial charge in [0, 0.05) is 0 Å². The van der Waals surface area contributed by atoms with Gasteiger partial charge < -0.3 is 0 Å². The highest BCUT2D eigenvalue weighted by Crippen LogP contribution is 2.53. The van der Waals surface area contributed by atoms with Crippen molar-refractivity contribution in [3.05, 3.63) is 0 Å². The molecule has 2 fully saturated rings. The first-order chi connectivity index (χ1) is 10.8. The predicted molar refractivity (Wildman–Crippen MR) is 110 cm³/mol. The van der Waals surface area contributed by atoms with Crippen molar-refractivity contribution in [3.8, 4) is 0 Å². The summed E-state index contributed by atoms with van der Waals surface area (Å²) in [6, 6.07) is 0. The highest BCUT2D eigenvalue weighted by molar-refractivity contribution is 4.95. The van der Waals surface area contributed by atoms with E-state index in [0.29, 0.717) is 5.41 Å². The quantitative estimate of drug-likeness (QED) is 0.483. The van der Waals surface area contributed by atoms with Gasteiger partial charge in [0.1, 0.15) is 0 Å². The third kappa shape index (κ3) is 5.01. The molecule has 0 aromatic carbocycles. The molecular formula is C24H48. The highest BCUT2D eigenvalue weighted by Gasteiger charge is 2.47. The Morgan fingerprint density at radius 1 is 0.417 bits per heavy atom. The van der Waals surface area contributed by atoms with E-state index in [1.807, 2.05) is 0 Å². The first-order valence-electron chi connectivity index (χ1n) is 10.8. The van der Waals surface area contributed by atoms with Gasteiger partial charge in [-0.25, -0.2) is 0 Å². The Bertz CT molecular complexity index is 312. The largest absolute Gasteiger partial charge is 0.0620 e. The molecule has 0 aromatic heterocycles. The number of hydrogen-bond donors (Lipinski definition) is 0. The fourth-order valence-electron chi connectivity index (χ4n) is 5.61. The second-order valence-corrected chi connectivity index (χ2v) is 11.4. The minimum absolute atomic E-state index is 0.500. The zero-order chi connectivity index (χ0) is 19.0. The third-order valence-corrected chi connectivity index (χ3v) is 8.22. The van der Waals surface area contributed by atoms with E-state index in [4.69, 9.17) is 0 Å². The summed E-state index contributed by atoms with van der Waals surface area (Å²) in [5, 5.41) is 0. The van der Waals surface area contributed by atoms with E-state index >= 15 is 0 Å². The van der Waals surface area contributed by atoms with E-state index in [1.54, 1.807) is 0 Å². The summed E-state index contributed by atoms with van der Waals surface area (Å²) in [7, 11) is 0. The molecule has 2 saturated carbocycles. The fourth-order valence-corrected chi connectivity index (χ4v) is 5.61. The van der Waals surface area contributed by atoms with E-state index in [2.05, 4.69) is 83.1 Å². The molecule has 8 unspecified atom stereocenters. The number of rotatable bonds is 2. The van der Waals surface area contributed by atoms with E-state index < -0.39 is 0 Å². The first-order valence-corrected chi connectivity index (χ1v) is 10.8. The van der Waals surface area contributed by atoms with Crippen LogP contribution >= 0.6 is 0 Å². The molecule has 144 valence electrons. The lowest BCUT2D eigenvalue weighted by atomic mass is 9.76. The molecule has 0 aromatic rings. The Balaban J connectivity index is 0.000000505. The topological polar surface area (TPSA) is 0 Å². The summed E-state index contributed by atoms with van der Waals surface area (Å²) in [5.74, 6) is 9.32. The summed E-state index contributed by atoms with van der Waals surface area (Å²) in [5.41, 5.74) is 0.500. The van der Waals surface area contributed by atoms with E-state index in [-0.39, 0.29) is 0 Å². The molecule has 0 bridgehead atoms. The Kier molecular flexibility index (Phi) is 7.47. The van der Waals surface area contributed by atoms with Crippen LogP contribution in [0.15, 0.2) is 0 Å². The van der Waals surface area contributed by atoms with Crippen molar-refractivity contribution in [2.75, 3.05) is 0 Å². The maximum absolute atomic E-state index is 2.52. The minimum atomic E-state index is 0.500. The molecule has 0 amide bonds. The molecule has 0 heterocycles. The lowest BCUT2D eigenvalue weighted by Gasteiger charge is -2.30. The van der Waals surface area contributed by atoms with Gasteiger partial charge in [0.05, 0.1) is 0 Å². The monoisotopic (exact) mass is 336 g/mol. The van der Waals surface area contributed by atoms with Gasteiger partial charge in [-0.3, -0.25) is 0 Å². The molecule has 2 aliphatic rings. The van der Waals surface area contributed by atoms with Crippen LogP contribution in [0.4, 0.5) is 0 Å². The van der Waals surface area contributed by atoms with Crippen LogP contribution in [0, 0.1) is 64.6 Å². The first kappa shape index (κ1) is 22.0. The normalized spacial score (nSPS) is 49.0. The smallest absolute Gasteiger partial charge is 0.0355 e. The maximum atomic E-state index is 2.52. The van der Waals surface area contributed by atoms with Crippen molar-refractivity contribution >= 4 is 0 Å². The van der Waals surface area contributed by atoms with Crippen molar-refractivity contribution in [2.24, 2.45) is 64.6 Å². The van der Waals surface area contributed by atoms with Crippen molar-refractivity contribution < 1.29 is 0 Å². The van der Waals surface area contributed by atoms with Crippen molar-refractivity contribution in [1.82, 2.24) is 0 Å². The van der Waals surface area contributed by atoms with Gasteiger partial charge in [-0.15, -0.1) is 0 Å². The molecule has 24 heavy (non-hydrogen) atoms. The van der Waals surface area contributed by atoms with Gasteiger partial charge >= 0.3 is 0 Å². The maximum Gasteiger partial charge on any atom is -0.0355 e. The molecule has 0 saturated heterocycles. The minimum Gasteiger partial charge on any atom is -0.0620 e. The van der Waals surface area contributed by atoms with Gasteiger partial charge in [-0.1, -0.05) is 83.1 Å². The van der Waals surface area contributed by atoms with Crippen LogP contribution in [0.3, 0.4) is 0 Å². The van der Waals surface area contributed by atoms with Crippen molar-refractivity contribution in [1.29, 1.82) is 0 Å². The lowest BCUT2D eigenvalue weighted by molar-refractivity contribution is 0.193. The molecule has 2 rings (SSSR count). The van der Waals surface area contributed by atoms with Gasteiger partial charge in [0.25, 0.3) is 0 Å². The van der Waals surface area contributed by atoms with E-state index in [9.17, 15) is 0 Å². The molecule has 8 atom stereocenters. The molecule has 0 nitrogen and oxygen atoms in total. The van der Waals surface area contributed by atoms with E-state index in [0.717, 1.165) is 59.2 Å². The third-order valence-electron chi connectivity index (χ3n) is 8.22. The Hall–Kier alpha value is 0. The molecule has 0 heteroatoms. The van der Waals surface area contributed by atoms with Crippen LogP contribution in [0.2, 0.25) is 0 Å². The molecule has 2 aliphatic carbocycles. The summed E-state index contributed by atoms with van der Waals surface area (Å²) in [6.07, 6.45) is 1.49. The zero-order valence-electron chi connectivity index (χ0n) is 19.0. The van der Waals surface area contributed by atoms with Gasteiger partial charge in [-0.2, -0.15) is 0 Å². The SMILES string of the molecule is CC(C)(C)C.CC1C(C)C(C)C(CC2C(C)C(C)C(C)C2C)C1C. The molecule has 0 spiro atoms. The van der Waals surface area contributed by atoms with Crippen LogP contribution < -0.4 is 0 Å². The van der Waals surface area contributed by atoms with Crippen LogP contribution in [-0.2, 0) is 0 Å². The van der Waals surface area contributed by atoms with Crippen LogP contribution in [0.1, 0.15) is 89.5 Å². The summed E-state index contributed by atoms with van der Waals surface area (Å²) >= 11 is 0. The zero-order valence-corrected chi connectivity index (χ0v) is 19.0. The summed E-state index contributed by atoms with van der Waals surface area (Å²) in [4.78, 5) is 0. The second kappa shape index (κ2) is 8.13. The summed E-state index contributed by atoms with van der Waals surface area (Å²) < 4.78 is 0. The average molecular weight is 337 g/mol. The second-order valence-electron chi connectivity index (χ2n) is 11.4. The molecule has 0 N–H and O–H groups in total. The Morgan fingerprint density at radius 3 is 0.750 bits per heavy atom. The van der Waals surface area contributed by atoms with E-state index in [1.165, 1.54) is 6.42 Å². The average Bonchev–Trinajstić information content (AvgIpc) is 2.75. The molecule has 0 aliphatic heterocycles. The van der Waals surface area contributed by atoms with Gasteiger partial charge in [0.2, 0.25) is 0 Å².